The van der Waals surface area contributed by atoms with E-state index in [-0.39, 0.29) is 18.1 Å². The van der Waals surface area contributed by atoms with Crippen molar-refractivity contribution in [3.63, 3.8) is 0 Å². The van der Waals surface area contributed by atoms with E-state index in [9.17, 15) is 4.79 Å². The number of anilines is 1. The lowest BCUT2D eigenvalue weighted by atomic mass is 10.0. The van der Waals surface area contributed by atoms with E-state index >= 15 is 0 Å². The van der Waals surface area contributed by atoms with Gasteiger partial charge in [0.1, 0.15) is 0 Å². The van der Waals surface area contributed by atoms with E-state index < -0.39 is 0 Å². The molecule has 1 heterocycles. The molecular weight excluding hydrogens is 264 g/mol. The molecule has 0 spiro atoms. The van der Waals surface area contributed by atoms with Crippen LogP contribution in [0.5, 0.6) is 0 Å². The second-order valence-corrected chi connectivity index (χ2v) is 6.08. The summed E-state index contributed by atoms with van der Waals surface area (Å²) in [5.74, 6) is 0.442. The molecule has 1 fully saturated rings. The number of amides is 1. The van der Waals surface area contributed by atoms with E-state index in [0.29, 0.717) is 12.5 Å². The fourth-order valence-electron chi connectivity index (χ4n) is 2.71. The van der Waals surface area contributed by atoms with Crippen LogP contribution in [0.15, 0.2) is 24.3 Å². The number of benzene rings is 1. The molecular formula is C17H26N2O2. The SMILES string of the molecule is CC(C)c1ccccc1NC(=O)[C@@H](C)N1CCO[C@@H](C)C1. The summed E-state index contributed by atoms with van der Waals surface area (Å²) < 4.78 is 5.53. The van der Waals surface area contributed by atoms with Gasteiger partial charge in [0.15, 0.2) is 0 Å². The zero-order valence-corrected chi connectivity index (χ0v) is 13.4. The Hall–Kier alpha value is -1.39. The number of carbonyl (C=O) groups is 1. The highest BCUT2D eigenvalue weighted by molar-refractivity contribution is 5.95. The molecule has 1 saturated heterocycles. The van der Waals surface area contributed by atoms with Crippen molar-refractivity contribution in [3.8, 4) is 0 Å². The number of rotatable bonds is 4. The van der Waals surface area contributed by atoms with Gasteiger partial charge in [-0.25, -0.2) is 0 Å². The molecule has 1 aromatic rings. The molecule has 0 saturated carbocycles. The van der Waals surface area contributed by atoms with Crippen molar-refractivity contribution in [3.05, 3.63) is 29.8 Å². The maximum Gasteiger partial charge on any atom is 0.241 e. The third-order valence-corrected chi connectivity index (χ3v) is 4.04. The first-order valence-electron chi connectivity index (χ1n) is 7.74. The standard InChI is InChI=1S/C17H26N2O2/c1-12(2)15-7-5-6-8-16(15)18-17(20)14(4)19-9-10-21-13(3)11-19/h5-8,12-14H,9-11H2,1-4H3,(H,18,20)/t13-,14+/m0/s1. The van der Waals surface area contributed by atoms with E-state index in [4.69, 9.17) is 4.74 Å². The number of ether oxygens (including phenoxy) is 1. The Kier molecular flexibility index (Phi) is 5.37. The molecule has 2 atom stereocenters. The largest absolute Gasteiger partial charge is 0.376 e. The second kappa shape index (κ2) is 7.05. The molecule has 4 nitrogen and oxygen atoms in total. The number of morpholine rings is 1. The molecule has 1 N–H and O–H groups in total. The normalized spacial score (nSPS) is 21.3. The van der Waals surface area contributed by atoms with Gasteiger partial charge in [-0.05, 0) is 31.4 Å². The molecule has 1 amide bonds. The van der Waals surface area contributed by atoms with Gasteiger partial charge in [0.2, 0.25) is 5.91 Å². The van der Waals surface area contributed by atoms with Crippen LogP contribution in [0.4, 0.5) is 5.69 Å². The number of para-hydroxylation sites is 1. The van der Waals surface area contributed by atoms with Crippen molar-refractivity contribution in [2.75, 3.05) is 25.0 Å². The van der Waals surface area contributed by atoms with Gasteiger partial charge in [-0.2, -0.15) is 0 Å². The highest BCUT2D eigenvalue weighted by Crippen LogP contribution is 2.24. The first-order chi connectivity index (χ1) is 9.99. The van der Waals surface area contributed by atoms with Crippen molar-refractivity contribution in [1.82, 2.24) is 4.90 Å². The quantitative estimate of drug-likeness (QED) is 0.927. The van der Waals surface area contributed by atoms with Gasteiger partial charge in [0.25, 0.3) is 0 Å². The summed E-state index contributed by atoms with van der Waals surface area (Å²) in [6, 6.07) is 7.88. The molecule has 4 heteroatoms. The summed E-state index contributed by atoms with van der Waals surface area (Å²) in [5, 5.41) is 3.08. The second-order valence-electron chi connectivity index (χ2n) is 6.08. The third-order valence-electron chi connectivity index (χ3n) is 4.04. The van der Waals surface area contributed by atoms with Gasteiger partial charge >= 0.3 is 0 Å². The van der Waals surface area contributed by atoms with E-state index in [1.54, 1.807) is 0 Å². The minimum atomic E-state index is -0.142. The predicted octanol–water partition coefficient (Wildman–Crippen LogP) is 2.86. The van der Waals surface area contributed by atoms with Crippen molar-refractivity contribution >= 4 is 11.6 Å². The van der Waals surface area contributed by atoms with Crippen LogP contribution in [-0.2, 0) is 9.53 Å². The zero-order chi connectivity index (χ0) is 15.4. The molecule has 21 heavy (non-hydrogen) atoms. The zero-order valence-electron chi connectivity index (χ0n) is 13.4. The maximum absolute atomic E-state index is 12.5. The Bertz CT molecular complexity index is 487. The minimum Gasteiger partial charge on any atom is -0.376 e. The van der Waals surface area contributed by atoms with E-state index in [1.165, 1.54) is 5.56 Å². The number of hydrogen-bond donors (Lipinski definition) is 1. The number of carbonyl (C=O) groups excluding carboxylic acids is 1. The topological polar surface area (TPSA) is 41.6 Å². The van der Waals surface area contributed by atoms with Crippen LogP contribution < -0.4 is 5.32 Å². The highest BCUT2D eigenvalue weighted by atomic mass is 16.5. The summed E-state index contributed by atoms with van der Waals surface area (Å²) in [6.45, 7) is 10.6. The van der Waals surface area contributed by atoms with E-state index in [1.807, 2.05) is 32.0 Å². The van der Waals surface area contributed by atoms with Gasteiger partial charge in [0, 0.05) is 18.8 Å². The Morgan fingerprint density at radius 1 is 1.33 bits per heavy atom. The van der Waals surface area contributed by atoms with E-state index in [2.05, 4.69) is 30.1 Å². The number of hydrogen-bond acceptors (Lipinski definition) is 3. The van der Waals surface area contributed by atoms with Gasteiger partial charge in [-0.15, -0.1) is 0 Å². The van der Waals surface area contributed by atoms with Crippen molar-refractivity contribution in [2.24, 2.45) is 0 Å². The minimum absolute atomic E-state index is 0.0530. The smallest absolute Gasteiger partial charge is 0.241 e. The summed E-state index contributed by atoms with van der Waals surface area (Å²) in [6.07, 6.45) is 0.192. The predicted molar refractivity (Wildman–Crippen MR) is 85.6 cm³/mol. The summed E-state index contributed by atoms with van der Waals surface area (Å²) >= 11 is 0. The molecule has 0 aromatic heterocycles. The molecule has 1 aliphatic heterocycles. The molecule has 1 aromatic carbocycles. The van der Waals surface area contributed by atoms with Crippen LogP contribution in [0.3, 0.4) is 0 Å². The maximum atomic E-state index is 12.5. The molecule has 116 valence electrons. The first kappa shape index (κ1) is 16.0. The van der Waals surface area contributed by atoms with Crippen LogP contribution >= 0.6 is 0 Å². The van der Waals surface area contributed by atoms with Crippen LogP contribution in [0.25, 0.3) is 0 Å². The van der Waals surface area contributed by atoms with Crippen molar-refractivity contribution < 1.29 is 9.53 Å². The molecule has 0 unspecified atom stereocenters. The Morgan fingerprint density at radius 2 is 2.05 bits per heavy atom. The van der Waals surface area contributed by atoms with Gasteiger partial charge in [-0.1, -0.05) is 32.0 Å². The molecule has 0 aliphatic carbocycles. The highest BCUT2D eigenvalue weighted by Gasteiger charge is 2.26. The Labute approximate surface area is 127 Å². The molecule has 2 rings (SSSR count). The van der Waals surface area contributed by atoms with Crippen LogP contribution in [0.2, 0.25) is 0 Å². The molecule has 0 radical (unpaired) electrons. The summed E-state index contributed by atoms with van der Waals surface area (Å²) in [7, 11) is 0. The van der Waals surface area contributed by atoms with Crippen molar-refractivity contribution in [2.45, 2.75) is 45.8 Å². The van der Waals surface area contributed by atoms with E-state index in [0.717, 1.165) is 18.8 Å². The van der Waals surface area contributed by atoms with Crippen LogP contribution in [-0.4, -0.2) is 42.6 Å². The number of nitrogens with one attached hydrogen (secondary N) is 1. The summed E-state index contributed by atoms with van der Waals surface area (Å²) in [5.41, 5.74) is 2.10. The van der Waals surface area contributed by atoms with Crippen molar-refractivity contribution in [1.29, 1.82) is 0 Å². The lowest BCUT2D eigenvalue weighted by Gasteiger charge is -2.34. The Balaban J connectivity index is 2.04. The Morgan fingerprint density at radius 3 is 2.71 bits per heavy atom. The molecule has 1 aliphatic rings. The average Bonchev–Trinajstić information content (AvgIpc) is 2.46. The fourth-order valence-corrected chi connectivity index (χ4v) is 2.71. The van der Waals surface area contributed by atoms with Gasteiger partial charge in [-0.3, -0.25) is 9.69 Å². The van der Waals surface area contributed by atoms with Crippen LogP contribution in [0.1, 0.15) is 39.2 Å². The lowest BCUT2D eigenvalue weighted by molar-refractivity contribution is -0.123. The first-order valence-corrected chi connectivity index (χ1v) is 7.74. The summed E-state index contributed by atoms with van der Waals surface area (Å²) in [4.78, 5) is 14.7. The van der Waals surface area contributed by atoms with Crippen LogP contribution in [0, 0.1) is 0 Å². The monoisotopic (exact) mass is 290 g/mol. The lowest BCUT2D eigenvalue weighted by Crippen LogP contribution is -2.50. The van der Waals surface area contributed by atoms with Gasteiger partial charge < -0.3 is 10.1 Å². The third kappa shape index (κ3) is 4.05. The number of nitrogens with zero attached hydrogens (tertiary/aromatic N) is 1. The van der Waals surface area contributed by atoms with Gasteiger partial charge in [0.05, 0.1) is 18.8 Å². The fraction of sp³-hybridized carbons (Fsp3) is 0.588. The average molecular weight is 290 g/mol. The molecule has 0 bridgehead atoms.